The second-order valence-corrected chi connectivity index (χ2v) is 20.1. The van der Waals surface area contributed by atoms with Gasteiger partial charge < -0.3 is 45.2 Å². The van der Waals surface area contributed by atoms with E-state index in [0.29, 0.717) is 12.8 Å². The first-order valence-corrected chi connectivity index (χ1v) is 28.6. The summed E-state index contributed by atoms with van der Waals surface area (Å²) >= 11 is 1.15. The van der Waals surface area contributed by atoms with Crippen LogP contribution in [-0.2, 0) is 46.6 Å². The highest BCUT2D eigenvalue weighted by Gasteiger charge is 2.29. The minimum absolute atomic E-state index is 0.0415. The molecule has 0 heterocycles. The molecule has 0 amide bonds. The van der Waals surface area contributed by atoms with Crippen LogP contribution in [0.4, 0.5) is 0 Å². The van der Waals surface area contributed by atoms with Gasteiger partial charge >= 0.3 is 33.6 Å². The molecule has 1 unspecified atom stereocenters. The molecule has 0 fully saturated rings. The van der Waals surface area contributed by atoms with E-state index >= 15 is 0 Å². The fourth-order valence-electron chi connectivity index (χ4n) is 5.77. The van der Waals surface area contributed by atoms with Gasteiger partial charge in [-0.2, -0.15) is 0 Å². The first kappa shape index (κ1) is 67.5. The van der Waals surface area contributed by atoms with Gasteiger partial charge in [0.15, 0.2) is 6.10 Å². The number of carbonyl (C=O) groups excluding carboxylic acids is 2. The van der Waals surface area contributed by atoms with Crippen molar-refractivity contribution in [3.8, 4) is 0 Å². The summed E-state index contributed by atoms with van der Waals surface area (Å²) in [7, 11) is -9.91. The van der Waals surface area contributed by atoms with E-state index in [4.69, 9.17) is 34.6 Å². The first-order valence-electron chi connectivity index (χ1n) is 24.5. The third-order valence-corrected chi connectivity index (χ3v) is 12.5. The number of hydrogen-bond donors (Lipinski definition) is 7. The van der Waals surface area contributed by atoms with Crippen LogP contribution in [0, 0.1) is 0 Å². The lowest BCUT2D eigenvalue weighted by atomic mass is 10.1. The summed E-state index contributed by atoms with van der Waals surface area (Å²) in [5.74, 6) is -2.71. The first-order chi connectivity index (χ1) is 34.0. The summed E-state index contributed by atoms with van der Waals surface area (Å²) in [6, 6.07) is -1.24. The van der Waals surface area contributed by atoms with Gasteiger partial charge in [-0.15, -0.1) is 11.8 Å². The van der Waals surface area contributed by atoms with Crippen molar-refractivity contribution in [2.45, 2.75) is 159 Å². The van der Waals surface area contributed by atoms with E-state index in [1.807, 2.05) is 36.5 Å². The molecule has 0 aromatic rings. The van der Waals surface area contributed by atoms with Crippen molar-refractivity contribution in [3.63, 3.8) is 0 Å². The van der Waals surface area contributed by atoms with Gasteiger partial charge in [0.2, 0.25) is 0 Å². The van der Waals surface area contributed by atoms with Crippen molar-refractivity contribution < 1.29 is 76.6 Å². The Morgan fingerprint density at radius 2 is 1.11 bits per heavy atom. The van der Waals surface area contributed by atoms with E-state index in [-0.39, 0.29) is 31.4 Å². The highest BCUT2D eigenvalue weighted by Crippen LogP contribution is 2.44. The summed E-state index contributed by atoms with van der Waals surface area (Å²) in [4.78, 5) is 64.7. The Labute approximate surface area is 426 Å². The minimum Gasteiger partial charge on any atom is -0.481 e. The number of hydrogen-bond acceptors (Lipinski definition) is 14. The van der Waals surface area contributed by atoms with E-state index in [0.717, 1.165) is 50.3 Å². The molecule has 71 heavy (non-hydrogen) atoms. The van der Waals surface area contributed by atoms with Gasteiger partial charge in [0, 0.05) is 23.8 Å². The van der Waals surface area contributed by atoms with Gasteiger partial charge in [-0.25, -0.2) is 9.13 Å². The van der Waals surface area contributed by atoms with Crippen LogP contribution in [0.1, 0.15) is 129 Å². The van der Waals surface area contributed by atoms with Crippen molar-refractivity contribution in [1.82, 2.24) is 0 Å². The molecular formula is C51H83NO16P2S. The van der Waals surface area contributed by atoms with Crippen molar-refractivity contribution >= 4 is 45.3 Å². The van der Waals surface area contributed by atoms with Gasteiger partial charge in [-0.1, -0.05) is 149 Å². The fraction of sp³-hybridized carbons (Fsp3) is 0.588. The molecule has 17 nitrogen and oxygen atoms in total. The van der Waals surface area contributed by atoms with Crippen LogP contribution in [0.5, 0.6) is 0 Å². The van der Waals surface area contributed by atoms with Crippen LogP contribution >= 0.6 is 27.4 Å². The molecule has 0 rings (SSSR count). The molecule has 0 aliphatic rings. The number of aliphatic hydroxyl groups excluding tert-OH is 2. The number of carbonyl (C=O) groups is 3. The average molecular weight is 1060 g/mol. The van der Waals surface area contributed by atoms with E-state index in [1.54, 1.807) is 24.3 Å². The maximum absolute atomic E-state index is 13.0. The summed E-state index contributed by atoms with van der Waals surface area (Å²) < 4.78 is 48.0. The van der Waals surface area contributed by atoms with Crippen LogP contribution < -0.4 is 5.73 Å². The van der Waals surface area contributed by atoms with E-state index < -0.39 is 89.6 Å². The Morgan fingerprint density at radius 1 is 0.606 bits per heavy atom. The summed E-state index contributed by atoms with van der Waals surface area (Å²) in [5, 5.41) is 29.2. The predicted octanol–water partition coefficient (Wildman–Crippen LogP) is 9.99. The van der Waals surface area contributed by atoms with Crippen molar-refractivity contribution in [2.75, 3.05) is 32.2 Å². The zero-order valence-corrected chi connectivity index (χ0v) is 44.3. The number of nitrogens with two attached hydrogens (primary N) is 1. The zero-order chi connectivity index (χ0) is 52.9. The van der Waals surface area contributed by atoms with Crippen LogP contribution in [0.25, 0.3) is 0 Å². The van der Waals surface area contributed by atoms with E-state index in [2.05, 4.69) is 71.5 Å². The molecule has 0 aromatic heterocycles. The second-order valence-electron chi connectivity index (χ2n) is 16.2. The number of thioether (sulfide) groups is 1. The normalized spacial score (nSPS) is 15.9. The average Bonchev–Trinajstić information content (AvgIpc) is 3.32. The number of ether oxygens (including phenoxy) is 2. The highest BCUT2D eigenvalue weighted by molar-refractivity contribution is 8.00. The number of phosphoric acid groups is 2. The highest BCUT2D eigenvalue weighted by atomic mass is 32.2. The Hall–Kier alpha value is -3.48. The number of rotatable bonds is 45. The lowest BCUT2D eigenvalue weighted by Crippen LogP contribution is -2.38. The van der Waals surface area contributed by atoms with Crippen LogP contribution in [-0.4, -0.2) is 110 Å². The molecule has 0 saturated carbocycles. The Bertz CT molecular complexity index is 1790. The molecular weight excluding hydrogens is 977 g/mol. The lowest BCUT2D eigenvalue weighted by Gasteiger charge is -2.22. The molecule has 0 aliphatic heterocycles. The van der Waals surface area contributed by atoms with Gasteiger partial charge in [0.05, 0.1) is 25.9 Å². The third-order valence-electron chi connectivity index (χ3n) is 9.63. The van der Waals surface area contributed by atoms with E-state index in [1.165, 1.54) is 38.5 Å². The van der Waals surface area contributed by atoms with Crippen molar-refractivity contribution in [2.24, 2.45) is 5.73 Å². The third kappa shape index (κ3) is 46.1. The topological polar surface area (TPSA) is 279 Å². The Balaban J connectivity index is 5.42. The zero-order valence-electron chi connectivity index (χ0n) is 41.7. The van der Waals surface area contributed by atoms with Gasteiger partial charge in [-0.05, 0) is 77.0 Å². The van der Waals surface area contributed by atoms with Crippen LogP contribution in [0.2, 0.25) is 0 Å². The molecule has 20 heteroatoms. The monoisotopic (exact) mass is 1060 g/mol. The maximum atomic E-state index is 13.0. The number of aliphatic carboxylic acids is 1. The molecule has 0 aliphatic carbocycles. The number of carboxylic acid groups (broad SMARTS) is 1. The van der Waals surface area contributed by atoms with Gasteiger partial charge in [-0.3, -0.25) is 28.0 Å². The fourth-order valence-corrected chi connectivity index (χ4v) is 8.05. The summed E-state index contributed by atoms with van der Waals surface area (Å²) in [5.41, 5.74) is 6.15. The minimum atomic E-state index is -4.97. The quantitative estimate of drug-likeness (QED) is 0.00982. The number of carboxylic acids is 1. The molecule has 0 radical (unpaired) electrons. The standard InChI is InChI=1S/C51H83NO16P2S/c1-3-5-7-9-11-13-15-17-18-19-20-21-22-23-25-27-29-31-33-38-50(57)68-45(42-67-70(62,63)66-40-44(53)39-65-69(59,60)61)41-64-51(58)46(52)43-71-48(47(54)35-34-37-49(55)56)36-32-30-28-26-24-16-14-12-10-8-6-4-2/h11-14,17-18,20-21,23-26,28-32,36,44-48,53-54H,3-10,15-16,19,22,27,33-35,37-43,52H2,1-2H3,(H,55,56)(H,62,63)(H2,59,60,61)/b13-11-,14-12-,18-17-,21-20-,25-23-,26-24-,30-28+,31-29-,36-32+/t44-,45+,46-,47-,48+/m0/s1. The SMILES string of the molecule is CCCCC/C=C\C\C=C/C=C/C=C/[C@@H](SC[C@H](N)C(=O)OC[C@H](COP(=O)(O)OC[C@@H](O)COP(=O)(O)O)OC(=O)CC/C=C\C/C=C\C/C=C\C/C=C\C/C=C\CCCCC)[C@@H](O)CCCC(=O)O. The van der Waals surface area contributed by atoms with Crippen LogP contribution in [0.3, 0.4) is 0 Å². The lowest BCUT2D eigenvalue weighted by molar-refractivity contribution is -0.161. The molecule has 0 saturated heterocycles. The molecule has 0 spiro atoms. The smallest absolute Gasteiger partial charge is 0.472 e. The molecule has 0 aromatic carbocycles. The number of esters is 2. The molecule has 6 atom stereocenters. The Kier molecular flexibility index (Phi) is 42.9. The number of allylic oxidation sites excluding steroid dienone is 17. The van der Waals surface area contributed by atoms with Gasteiger partial charge in [0.1, 0.15) is 18.8 Å². The van der Waals surface area contributed by atoms with Gasteiger partial charge in [0.25, 0.3) is 0 Å². The molecule has 404 valence electrons. The largest absolute Gasteiger partial charge is 0.481 e. The number of unbranched alkanes of at least 4 members (excludes halogenated alkanes) is 6. The molecule has 0 bridgehead atoms. The molecule has 8 N–H and O–H groups in total. The maximum Gasteiger partial charge on any atom is 0.472 e. The van der Waals surface area contributed by atoms with Crippen molar-refractivity contribution in [1.29, 1.82) is 0 Å². The summed E-state index contributed by atoms with van der Waals surface area (Å²) in [6.45, 7) is 1.04. The Morgan fingerprint density at radius 3 is 1.66 bits per heavy atom. The number of aliphatic hydroxyl groups is 2. The summed E-state index contributed by atoms with van der Waals surface area (Å²) in [6.07, 6.45) is 45.7. The predicted molar refractivity (Wildman–Crippen MR) is 281 cm³/mol. The number of phosphoric ester groups is 2. The van der Waals surface area contributed by atoms with Crippen molar-refractivity contribution in [3.05, 3.63) is 109 Å². The van der Waals surface area contributed by atoms with Crippen LogP contribution in [0.15, 0.2) is 109 Å². The second kappa shape index (κ2) is 45.2. The van der Waals surface area contributed by atoms with E-state index in [9.17, 15) is 38.6 Å².